The molecule has 4 atom stereocenters. The summed E-state index contributed by atoms with van der Waals surface area (Å²) in [5, 5.41) is 44.5. The molecule has 0 aromatic rings. The third-order valence-electron chi connectivity index (χ3n) is 4.04. The second-order valence-corrected chi connectivity index (χ2v) is 7.72. The molecule has 0 aliphatic carbocycles. The van der Waals surface area contributed by atoms with E-state index < -0.39 is 0 Å². The van der Waals surface area contributed by atoms with Crippen molar-refractivity contribution in [3.05, 3.63) is 0 Å². The molecule has 5 N–H and O–H groups in total. The summed E-state index contributed by atoms with van der Waals surface area (Å²) in [5.74, 6) is 0.957. The Morgan fingerprint density at radius 1 is 0.519 bits per heavy atom. The van der Waals surface area contributed by atoms with Crippen molar-refractivity contribution < 1.29 is 49.8 Å². The molecular weight excluding hydrogens is 437 g/mol. The molecular formula is C20H45O6Ru. The van der Waals surface area contributed by atoms with Crippen molar-refractivity contribution in [1.82, 2.24) is 0 Å². The number of carbonyl (C=O) groups excluding carboxylic acids is 1. The predicted molar refractivity (Wildman–Crippen MR) is 108 cm³/mol. The molecule has 0 aromatic heterocycles. The van der Waals surface area contributed by atoms with Gasteiger partial charge in [0, 0.05) is 7.11 Å². The summed E-state index contributed by atoms with van der Waals surface area (Å²) in [4.78, 5) is 7.75. The van der Waals surface area contributed by atoms with E-state index in [-0.39, 0.29) is 67.6 Å². The van der Waals surface area contributed by atoms with Crippen molar-refractivity contribution in [2.75, 3.05) is 7.11 Å². The molecule has 0 heterocycles. The topological polar surface area (TPSA) is 118 Å². The summed E-state index contributed by atoms with van der Waals surface area (Å²) in [7, 11) is 1.00. The minimum atomic E-state index is -0.368. The van der Waals surface area contributed by atoms with Gasteiger partial charge in [-0.25, -0.2) is 0 Å². The summed E-state index contributed by atoms with van der Waals surface area (Å²) in [6, 6.07) is 0. The van der Waals surface area contributed by atoms with E-state index in [4.69, 9.17) is 9.90 Å². The van der Waals surface area contributed by atoms with Gasteiger partial charge in [0.05, 0.1) is 24.4 Å². The molecule has 1 radical (unpaired) electrons. The van der Waals surface area contributed by atoms with Gasteiger partial charge >= 0.3 is 19.5 Å². The molecule has 0 aliphatic heterocycles. The Balaban J connectivity index is -0.0000000975. The van der Waals surface area contributed by atoms with Gasteiger partial charge in [0.15, 0.2) is 0 Å². The maximum absolute atomic E-state index is 9.39. The Morgan fingerprint density at radius 3 is 0.704 bits per heavy atom. The van der Waals surface area contributed by atoms with Crippen LogP contribution in [0.2, 0.25) is 0 Å². The van der Waals surface area contributed by atoms with Crippen LogP contribution in [0.5, 0.6) is 0 Å². The van der Waals surface area contributed by atoms with Crippen LogP contribution in [-0.2, 0) is 24.3 Å². The molecule has 0 amide bonds. The standard InChI is InChI=1S/2C9H20O2.CH4O.CHO.Ru/c2*1-6(2)8(10)5-9(11)7(3)4;2*1-2;/h2*6-11H,5H2,1-4H3;2H,1H3;1H;/q;;;-1;+1. The molecule has 27 heavy (non-hydrogen) atoms. The Morgan fingerprint density at radius 2 is 0.630 bits per heavy atom. The third-order valence-corrected chi connectivity index (χ3v) is 4.04. The fourth-order valence-corrected chi connectivity index (χ4v) is 1.58. The number of aliphatic hydroxyl groups is 5. The van der Waals surface area contributed by atoms with Gasteiger partial charge < -0.3 is 30.3 Å². The van der Waals surface area contributed by atoms with E-state index in [9.17, 15) is 20.4 Å². The van der Waals surface area contributed by atoms with Crippen LogP contribution in [0.3, 0.4) is 0 Å². The van der Waals surface area contributed by atoms with Crippen LogP contribution in [0, 0.1) is 23.7 Å². The van der Waals surface area contributed by atoms with Crippen LogP contribution >= 0.6 is 0 Å². The first-order valence-electron chi connectivity index (χ1n) is 9.30. The first-order valence-corrected chi connectivity index (χ1v) is 9.30. The summed E-state index contributed by atoms with van der Waals surface area (Å²) < 4.78 is 0. The monoisotopic (exact) mass is 483 g/mol. The maximum Gasteiger partial charge on any atom is 1.00 e. The Labute approximate surface area is 180 Å². The van der Waals surface area contributed by atoms with Crippen LogP contribution in [0.25, 0.3) is 0 Å². The largest absolute Gasteiger partial charge is 1.00 e. The van der Waals surface area contributed by atoms with E-state index in [0.29, 0.717) is 12.8 Å². The molecule has 6 nitrogen and oxygen atoms in total. The van der Waals surface area contributed by atoms with Crippen LogP contribution in [0.4, 0.5) is 0 Å². The van der Waals surface area contributed by atoms with Gasteiger partial charge in [0.2, 0.25) is 0 Å². The van der Waals surface area contributed by atoms with Crippen LogP contribution < -0.4 is 0 Å². The number of hydrogen-bond donors (Lipinski definition) is 5. The van der Waals surface area contributed by atoms with Crippen molar-refractivity contribution in [3.8, 4) is 0 Å². The number of rotatable bonds is 8. The van der Waals surface area contributed by atoms with Gasteiger partial charge in [-0.2, -0.15) is 0 Å². The minimum absolute atomic E-state index is 0. The van der Waals surface area contributed by atoms with E-state index in [1.807, 2.05) is 55.4 Å². The smallest absolute Gasteiger partial charge is 0.545 e. The van der Waals surface area contributed by atoms with E-state index in [1.54, 1.807) is 0 Å². The van der Waals surface area contributed by atoms with Crippen LogP contribution in [0.1, 0.15) is 68.2 Å². The Bertz CT molecular complexity index is 225. The van der Waals surface area contributed by atoms with Gasteiger partial charge in [-0.15, -0.1) is 0 Å². The van der Waals surface area contributed by atoms with Crippen LogP contribution in [-0.4, -0.2) is 63.8 Å². The molecule has 0 bridgehead atoms. The molecule has 0 rings (SSSR count). The fraction of sp³-hybridized carbons (Fsp3) is 0.950. The van der Waals surface area contributed by atoms with Crippen molar-refractivity contribution in [3.63, 3.8) is 0 Å². The summed E-state index contributed by atoms with van der Waals surface area (Å²) in [6.07, 6.45) is -0.482. The fourth-order valence-electron chi connectivity index (χ4n) is 1.58. The summed E-state index contributed by atoms with van der Waals surface area (Å²) >= 11 is 0. The molecule has 0 aromatic carbocycles. The average molecular weight is 483 g/mol. The van der Waals surface area contributed by atoms with Gasteiger partial charge in [0.1, 0.15) is 0 Å². The minimum Gasteiger partial charge on any atom is -0.545 e. The van der Waals surface area contributed by atoms with E-state index in [0.717, 1.165) is 7.11 Å². The van der Waals surface area contributed by atoms with Crippen molar-refractivity contribution in [2.45, 2.75) is 92.6 Å². The molecule has 4 unspecified atom stereocenters. The van der Waals surface area contributed by atoms with Gasteiger partial charge in [-0.05, 0) is 36.5 Å². The van der Waals surface area contributed by atoms with Crippen molar-refractivity contribution >= 4 is 6.79 Å². The van der Waals surface area contributed by atoms with Gasteiger partial charge in [-0.1, -0.05) is 55.4 Å². The average Bonchev–Trinajstić information content (AvgIpc) is 2.58. The van der Waals surface area contributed by atoms with Gasteiger partial charge in [0.25, 0.3) is 0 Å². The SMILES string of the molecule is CC(C)C(O)CC(O)C(C)C.CC(C)C(O)CC(O)C(C)C.CO.[CH-]=O.[Ru+]. The van der Waals surface area contributed by atoms with E-state index >= 15 is 0 Å². The second kappa shape index (κ2) is 24.1. The zero-order chi connectivity index (χ0) is 22.0. The Kier molecular flexibility index (Phi) is 33.8. The molecule has 0 saturated carbocycles. The quantitative estimate of drug-likeness (QED) is 0.206. The zero-order valence-corrected chi connectivity index (χ0v) is 20.3. The molecule has 0 spiro atoms. The molecule has 0 aliphatic rings. The van der Waals surface area contributed by atoms with Crippen LogP contribution in [0.15, 0.2) is 0 Å². The maximum atomic E-state index is 9.39. The zero-order valence-electron chi connectivity index (χ0n) is 18.6. The Hall–Kier alpha value is 0.0934. The summed E-state index contributed by atoms with van der Waals surface area (Å²) in [6.45, 7) is 18.9. The molecule has 7 heteroatoms. The predicted octanol–water partition coefficient (Wildman–Crippen LogP) is 2.15. The number of hydrogen-bond acceptors (Lipinski definition) is 6. The first kappa shape index (κ1) is 37.8. The van der Waals surface area contributed by atoms with Gasteiger partial charge in [-0.3, -0.25) is 6.79 Å². The van der Waals surface area contributed by atoms with Crippen molar-refractivity contribution in [1.29, 1.82) is 0 Å². The van der Waals surface area contributed by atoms with Crippen molar-refractivity contribution in [2.24, 2.45) is 23.7 Å². The first-order chi connectivity index (χ1) is 11.9. The molecule has 0 fully saturated rings. The number of aliphatic hydroxyl groups excluding tert-OH is 5. The van der Waals surface area contributed by atoms with E-state index in [1.165, 1.54) is 0 Å². The molecule has 0 saturated heterocycles. The third kappa shape index (κ3) is 26.1. The van der Waals surface area contributed by atoms with E-state index in [2.05, 4.69) is 6.79 Å². The second-order valence-electron chi connectivity index (χ2n) is 7.72. The molecule has 169 valence electrons. The summed E-state index contributed by atoms with van der Waals surface area (Å²) in [5.41, 5.74) is 0. The normalized spacial score (nSPS) is 14.6.